The summed E-state index contributed by atoms with van der Waals surface area (Å²) in [4.78, 5) is 0. The average Bonchev–Trinajstić information content (AvgIpc) is 3.31. The Morgan fingerprint density at radius 1 is 1.27 bits per heavy atom. The molecule has 0 bridgehead atoms. The molecule has 1 aliphatic rings. The van der Waals surface area contributed by atoms with Gasteiger partial charge in [-0.3, -0.25) is 0 Å². The first-order valence-corrected chi connectivity index (χ1v) is 11.3. The molecule has 26 heavy (non-hydrogen) atoms. The molecule has 2 N–H and O–H groups in total. The Labute approximate surface area is 155 Å². The first kappa shape index (κ1) is 17.4. The summed E-state index contributed by atoms with van der Waals surface area (Å²) in [6.45, 7) is 0.668. The van der Waals surface area contributed by atoms with Crippen molar-refractivity contribution in [2.75, 3.05) is 18.1 Å². The van der Waals surface area contributed by atoms with E-state index in [4.69, 9.17) is 0 Å². The van der Waals surface area contributed by atoms with Gasteiger partial charge in [0, 0.05) is 23.5 Å². The van der Waals surface area contributed by atoms with E-state index < -0.39 is 10.0 Å². The van der Waals surface area contributed by atoms with Crippen LogP contribution in [-0.4, -0.2) is 47.1 Å². The molecule has 1 fully saturated rings. The van der Waals surface area contributed by atoms with Gasteiger partial charge in [0.15, 0.2) is 11.5 Å². The second kappa shape index (κ2) is 6.93. The fraction of sp³-hybridized carbons (Fsp3) is 0.438. The summed E-state index contributed by atoms with van der Waals surface area (Å²) < 4.78 is 27.5. The van der Waals surface area contributed by atoms with Crippen LogP contribution in [-0.2, 0) is 10.0 Å². The third kappa shape index (κ3) is 3.71. The molecule has 1 aliphatic carbocycles. The summed E-state index contributed by atoms with van der Waals surface area (Å²) in [5.41, 5.74) is 1.68. The van der Waals surface area contributed by atoms with Gasteiger partial charge in [-0.15, -0.1) is 15.3 Å². The third-order valence-corrected chi connectivity index (χ3v) is 6.03. The smallest absolute Gasteiger partial charge is 0.208 e. The van der Waals surface area contributed by atoms with Crippen LogP contribution in [0.1, 0.15) is 19.3 Å². The molecule has 3 aromatic rings. The van der Waals surface area contributed by atoms with Crippen LogP contribution in [0.3, 0.4) is 0 Å². The van der Waals surface area contributed by atoms with E-state index in [2.05, 4.69) is 25.3 Å². The van der Waals surface area contributed by atoms with E-state index in [1.54, 1.807) is 15.9 Å². The predicted octanol–water partition coefficient (Wildman–Crippen LogP) is 1.98. The van der Waals surface area contributed by atoms with Crippen molar-refractivity contribution in [3.8, 4) is 11.4 Å². The molecule has 2 unspecified atom stereocenters. The van der Waals surface area contributed by atoms with Crippen molar-refractivity contribution in [3.63, 3.8) is 0 Å². The SMILES string of the molecule is CS(=O)(=O)NC1CCCC1CNc1ccc2nnc(-c3ccsc3)n2n1. The molecule has 3 aromatic heterocycles. The number of nitrogens with zero attached hydrogens (tertiary/aromatic N) is 4. The number of nitrogens with one attached hydrogen (secondary N) is 2. The molecule has 0 radical (unpaired) electrons. The van der Waals surface area contributed by atoms with Gasteiger partial charge >= 0.3 is 0 Å². The zero-order valence-electron chi connectivity index (χ0n) is 14.3. The van der Waals surface area contributed by atoms with Gasteiger partial charge in [0.1, 0.15) is 5.82 Å². The number of anilines is 1. The standard InChI is InChI=1S/C16H20N6O2S2/c1-26(23,24)21-13-4-2-3-11(13)9-17-14-5-6-15-18-19-16(22(15)20-14)12-7-8-25-10-12/h5-8,10-11,13,21H,2-4,9H2,1H3,(H,17,20). The summed E-state index contributed by atoms with van der Waals surface area (Å²) in [5, 5.41) is 20.3. The fourth-order valence-corrected chi connectivity index (χ4v) is 4.90. The third-order valence-electron chi connectivity index (χ3n) is 4.61. The van der Waals surface area contributed by atoms with Crippen LogP contribution in [0, 0.1) is 5.92 Å². The van der Waals surface area contributed by atoms with E-state index >= 15 is 0 Å². The Morgan fingerprint density at radius 2 is 2.15 bits per heavy atom. The maximum absolute atomic E-state index is 11.5. The van der Waals surface area contributed by atoms with Crippen LogP contribution in [0.5, 0.6) is 0 Å². The lowest BCUT2D eigenvalue weighted by atomic mass is 10.1. The first-order valence-electron chi connectivity index (χ1n) is 8.46. The number of sulfonamides is 1. The Kier molecular flexibility index (Phi) is 4.63. The number of fused-ring (bicyclic) bond motifs is 1. The van der Waals surface area contributed by atoms with Gasteiger partial charge in [0.05, 0.1) is 6.26 Å². The highest BCUT2D eigenvalue weighted by Crippen LogP contribution is 2.26. The molecule has 4 rings (SSSR count). The Morgan fingerprint density at radius 3 is 2.92 bits per heavy atom. The molecule has 0 aromatic carbocycles. The van der Waals surface area contributed by atoms with Crippen molar-refractivity contribution >= 4 is 32.8 Å². The van der Waals surface area contributed by atoms with Crippen LogP contribution in [0.2, 0.25) is 0 Å². The molecule has 0 amide bonds. The lowest BCUT2D eigenvalue weighted by Crippen LogP contribution is -2.39. The minimum absolute atomic E-state index is 0.0162. The largest absolute Gasteiger partial charge is 0.368 e. The van der Waals surface area contributed by atoms with Gasteiger partial charge in [-0.05, 0) is 42.3 Å². The highest BCUT2D eigenvalue weighted by molar-refractivity contribution is 7.88. The van der Waals surface area contributed by atoms with E-state index in [9.17, 15) is 8.42 Å². The summed E-state index contributed by atoms with van der Waals surface area (Å²) in [7, 11) is -3.19. The van der Waals surface area contributed by atoms with Crippen molar-refractivity contribution in [2.24, 2.45) is 5.92 Å². The van der Waals surface area contributed by atoms with Crippen LogP contribution < -0.4 is 10.0 Å². The molecule has 3 heterocycles. The van der Waals surface area contributed by atoms with E-state index in [0.717, 1.165) is 30.6 Å². The summed E-state index contributed by atoms with van der Waals surface area (Å²) in [6.07, 6.45) is 4.11. The quantitative estimate of drug-likeness (QED) is 0.665. The molecule has 1 saturated carbocycles. The number of thiophene rings is 1. The monoisotopic (exact) mass is 392 g/mol. The molecule has 0 saturated heterocycles. The van der Waals surface area contributed by atoms with Crippen LogP contribution in [0.25, 0.3) is 17.0 Å². The summed E-state index contributed by atoms with van der Waals surface area (Å²) >= 11 is 1.60. The van der Waals surface area contributed by atoms with Crippen molar-refractivity contribution < 1.29 is 8.42 Å². The van der Waals surface area contributed by atoms with Crippen molar-refractivity contribution in [2.45, 2.75) is 25.3 Å². The average molecular weight is 393 g/mol. The summed E-state index contributed by atoms with van der Waals surface area (Å²) in [5.74, 6) is 1.68. The number of rotatable bonds is 6. The Balaban J connectivity index is 1.50. The fourth-order valence-electron chi connectivity index (χ4n) is 3.40. The molecule has 0 aliphatic heterocycles. The molecule has 2 atom stereocenters. The zero-order valence-corrected chi connectivity index (χ0v) is 15.9. The Hall–Kier alpha value is -2.04. The summed E-state index contributed by atoms with van der Waals surface area (Å²) in [6, 6.07) is 5.72. The zero-order chi connectivity index (χ0) is 18.1. The van der Waals surface area contributed by atoms with Crippen LogP contribution in [0.15, 0.2) is 29.0 Å². The lowest BCUT2D eigenvalue weighted by molar-refractivity contribution is 0.463. The van der Waals surface area contributed by atoms with Crippen molar-refractivity contribution in [3.05, 3.63) is 29.0 Å². The molecular weight excluding hydrogens is 372 g/mol. The predicted molar refractivity (Wildman–Crippen MR) is 102 cm³/mol. The highest BCUT2D eigenvalue weighted by atomic mass is 32.2. The van der Waals surface area contributed by atoms with E-state index in [1.807, 2.05) is 29.0 Å². The number of hydrogen-bond donors (Lipinski definition) is 2. The minimum Gasteiger partial charge on any atom is -0.368 e. The van der Waals surface area contributed by atoms with Gasteiger partial charge in [0.2, 0.25) is 10.0 Å². The van der Waals surface area contributed by atoms with Gasteiger partial charge in [0.25, 0.3) is 0 Å². The highest BCUT2D eigenvalue weighted by Gasteiger charge is 2.29. The number of hydrogen-bond acceptors (Lipinski definition) is 7. The van der Waals surface area contributed by atoms with Gasteiger partial charge in [-0.2, -0.15) is 15.9 Å². The molecular formula is C16H20N6O2S2. The topological polar surface area (TPSA) is 101 Å². The molecule has 138 valence electrons. The van der Waals surface area contributed by atoms with Gasteiger partial charge in [-0.1, -0.05) is 6.42 Å². The molecule has 8 nitrogen and oxygen atoms in total. The van der Waals surface area contributed by atoms with Crippen molar-refractivity contribution in [1.82, 2.24) is 24.5 Å². The molecule has 10 heteroatoms. The van der Waals surface area contributed by atoms with E-state index in [1.165, 1.54) is 6.26 Å². The Bertz CT molecular complexity index is 999. The normalized spacial score (nSPS) is 20.7. The van der Waals surface area contributed by atoms with Crippen LogP contribution >= 0.6 is 11.3 Å². The number of aromatic nitrogens is 4. The first-order chi connectivity index (χ1) is 12.5. The lowest BCUT2D eigenvalue weighted by Gasteiger charge is -2.20. The second-order valence-corrected chi connectivity index (χ2v) is 9.15. The second-order valence-electron chi connectivity index (χ2n) is 6.59. The molecule has 0 spiro atoms. The maximum atomic E-state index is 11.5. The van der Waals surface area contributed by atoms with E-state index in [0.29, 0.717) is 18.0 Å². The van der Waals surface area contributed by atoms with Crippen molar-refractivity contribution in [1.29, 1.82) is 0 Å². The van der Waals surface area contributed by atoms with E-state index in [-0.39, 0.29) is 12.0 Å². The van der Waals surface area contributed by atoms with Gasteiger partial charge in [-0.25, -0.2) is 13.1 Å². The maximum Gasteiger partial charge on any atom is 0.208 e. The van der Waals surface area contributed by atoms with Crippen LogP contribution in [0.4, 0.5) is 5.82 Å². The van der Waals surface area contributed by atoms with Gasteiger partial charge < -0.3 is 5.32 Å². The minimum atomic E-state index is -3.19.